The molecule has 4 rings (SSSR count). The molecule has 1 saturated heterocycles. The van der Waals surface area contributed by atoms with E-state index < -0.39 is 22.2 Å². The molecule has 0 bridgehead atoms. The van der Waals surface area contributed by atoms with Gasteiger partial charge in [-0.25, -0.2) is 17.9 Å². The molecule has 1 aliphatic heterocycles. The zero-order valence-electron chi connectivity index (χ0n) is 17.0. The first-order chi connectivity index (χ1) is 13.7. The molecule has 158 valence electrons. The van der Waals surface area contributed by atoms with Crippen molar-refractivity contribution in [1.29, 1.82) is 0 Å². The second-order valence-electron chi connectivity index (χ2n) is 8.73. The average molecular weight is 420 g/mol. The third kappa shape index (κ3) is 4.06. The molecule has 3 N–H and O–H groups in total. The molecule has 2 amide bonds. The monoisotopic (exact) mass is 419 g/mol. The second-order valence-corrected chi connectivity index (χ2v) is 10.3. The Balaban J connectivity index is 1.51. The fourth-order valence-electron chi connectivity index (χ4n) is 4.85. The summed E-state index contributed by atoms with van der Waals surface area (Å²) in [5.74, 6) is 0. The Labute approximate surface area is 172 Å². The van der Waals surface area contributed by atoms with Crippen LogP contribution in [0.15, 0.2) is 17.6 Å². The summed E-state index contributed by atoms with van der Waals surface area (Å²) in [6.07, 6.45) is 6.98. The number of fused-ring (bicyclic) bond motifs is 2. The van der Waals surface area contributed by atoms with Crippen molar-refractivity contribution in [2.45, 2.75) is 63.5 Å². The van der Waals surface area contributed by atoms with Crippen LogP contribution in [0.4, 0.5) is 10.5 Å². The third-order valence-corrected chi connectivity index (χ3v) is 7.59. The Morgan fingerprint density at radius 2 is 2.03 bits per heavy atom. The van der Waals surface area contributed by atoms with Gasteiger partial charge in [0.15, 0.2) is 0 Å². The molecule has 0 saturated carbocycles. The van der Waals surface area contributed by atoms with Gasteiger partial charge in [-0.1, -0.05) is 12.1 Å². The highest BCUT2D eigenvalue weighted by Gasteiger charge is 2.32. The van der Waals surface area contributed by atoms with E-state index in [9.17, 15) is 18.3 Å². The molecule has 3 aliphatic rings. The molecule has 7 nitrogen and oxygen atoms in total. The third-order valence-electron chi connectivity index (χ3n) is 6.62. The summed E-state index contributed by atoms with van der Waals surface area (Å²) in [7, 11) is -1.94. The zero-order valence-corrected chi connectivity index (χ0v) is 17.8. The minimum Gasteiger partial charge on any atom is -0.392 e. The van der Waals surface area contributed by atoms with Gasteiger partial charge < -0.3 is 10.4 Å². The molecule has 2 aliphatic carbocycles. The van der Waals surface area contributed by atoms with E-state index in [1.807, 2.05) is 14.0 Å². The Kier molecular flexibility index (Phi) is 5.21. The van der Waals surface area contributed by atoms with Gasteiger partial charge in [-0.3, -0.25) is 4.90 Å². The summed E-state index contributed by atoms with van der Waals surface area (Å²) in [6.45, 7) is 2.92. The molecule has 8 heteroatoms. The van der Waals surface area contributed by atoms with Crippen LogP contribution in [0.5, 0.6) is 0 Å². The standard InChI is InChI=1S/C21H29N3O4S/c1-21(7-4-9-24(21)2)8-10-29(27,28)23-20(26)22-19-17-6-3-5-14(17)11-15-12-16(25)13-18(15)19/h8,10-11,16,25H,3-7,9,12-13H2,1-2H3,(H2,22,23,26)/b10-8+. The van der Waals surface area contributed by atoms with Crippen molar-refractivity contribution in [3.8, 4) is 0 Å². The van der Waals surface area contributed by atoms with Crippen LogP contribution < -0.4 is 10.0 Å². The quantitative estimate of drug-likeness (QED) is 0.694. The summed E-state index contributed by atoms with van der Waals surface area (Å²) < 4.78 is 27.0. The number of nitrogens with zero attached hydrogens (tertiary/aromatic N) is 1. The van der Waals surface area contributed by atoms with Gasteiger partial charge in [0.05, 0.1) is 6.10 Å². The molecule has 0 aromatic heterocycles. The van der Waals surface area contributed by atoms with E-state index in [0.29, 0.717) is 18.5 Å². The van der Waals surface area contributed by atoms with Crippen LogP contribution in [0, 0.1) is 0 Å². The van der Waals surface area contributed by atoms with Gasteiger partial charge in [-0.2, -0.15) is 0 Å². The number of anilines is 1. The molecule has 1 fully saturated rings. The van der Waals surface area contributed by atoms with Crippen LogP contribution in [0.25, 0.3) is 0 Å². The summed E-state index contributed by atoms with van der Waals surface area (Å²) in [5, 5.41) is 13.9. The average Bonchev–Trinajstić information content (AvgIpc) is 3.32. The number of benzene rings is 1. The first-order valence-corrected chi connectivity index (χ1v) is 11.8. The molecule has 1 heterocycles. The molecular formula is C21H29N3O4S. The Hall–Kier alpha value is -1.90. The van der Waals surface area contributed by atoms with Gasteiger partial charge in [0.25, 0.3) is 10.0 Å². The summed E-state index contributed by atoms with van der Waals surface area (Å²) in [6, 6.07) is 1.37. The van der Waals surface area contributed by atoms with Crippen LogP contribution in [0.1, 0.15) is 48.4 Å². The van der Waals surface area contributed by atoms with Gasteiger partial charge in [-0.05, 0) is 81.3 Å². The number of likely N-dealkylation sites (tertiary alicyclic amines) is 1. The number of hydrogen-bond donors (Lipinski definition) is 3. The normalized spacial score (nSPS) is 26.7. The molecule has 0 radical (unpaired) electrons. The number of urea groups is 1. The van der Waals surface area contributed by atoms with Crippen LogP contribution in [0.3, 0.4) is 0 Å². The predicted molar refractivity (Wildman–Crippen MR) is 112 cm³/mol. The number of aliphatic hydroxyl groups excluding tert-OH is 1. The van der Waals surface area contributed by atoms with Crippen LogP contribution in [0.2, 0.25) is 0 Å². The lowest BCUT2D eigenvalue weighted by Gasteiger charge is -2.28. The maximum Gasteiger partial charge on any atom is 0.333 e. The number of hydrogen-bond acceptors (Lipinski definition) is 5. The van der Waals surface area contributed by atoms with E-state index in [4.69, 9.17) is 0 Å². The number of carbonyl (C=O) groups is 1. The molecule has 1 aromatic carbocycles. The molecule has 2 unspecified atom stereocenters. The zero-order chi connectivity index (χ0) is 20.8. The van der Waals surface area contributed by atoms with Crippen molar-refractivity contribution in [2.24, 2.45) is 0 Å². The Morgan fingerprint density at radius 1 is 1.24 bits per heavy atom. The van der Waals surface area contributed by atoms with Crippen LogP contribution >= 0.6 is 0 Å². The number of amides is 2. The van der Waals surface area contributed by atoms with E-state index in [1.54, 1.807) is 6.08 Å². The van der Waals surface area contributed by atoms with Crippen molar-refractivity contribution in [3.05, 3.63) is 39.8 Å². The minimum absolute atomic E-state index is 0.317. The second kappa shape index (κ2) is 7.41. The van der Waals surface area contributed by atoms with Gasteiger partial charge in [0.1, 0.15) is 0 Å². The van der Waals surface area contributed by atoms with Crippen molar-refractivity contribution < 1.29 is 18.3 Å². The van der Waals surface area contributed by atoms with Crippen molar-refractivity contribution >= 4 is 21.7 Å². The fourth-order valence-corrected chi connectivity index (χ4v) is 5.70. The van der Waals surface area contributed by atoms with Gasteiger partial charge in [0, 0.05) is 23.1 Å². The Morgan fingerprint density at radius 3 is 2.76 bits per heavy atom. The minimum atomic E-state index is -3.91. The van der Waals surface area contributed by atoms with E-state index in [0.717, 1.165) is 60.7 Å². The lowest BCUT2D eigenvalue weighted by molar-refractivity contribution is 0.187. The van der Waals surface area contributed by atoms with E-state index >= 15 is 0 Å². The highest BCUT2D eigenvalue weighted by Crippen LogP contribution is 2.38. The number of carbonyl (C=O) groups excluding carboxylic acids is 1. The summed E-state index contributed by atoms with van der Waals surface area (Å²) in [5.41, 5.74) is 4.61. The van der Waals surface area contributed by atoms with Crippen molar-refractivity contribution in [2.75, 3.05) is 18.9 Å². The predicted octanol–water partition coefficient (Wildman–Crippen LogP) is 2.08. The van der Waals surface area contributed by atoms with Crippen molar-refractivity contribution in [1.82, 2.24) is 9.62 Å². The fraction of sp³-hybridized carbons (Fsp3) is 0.571. The summed E-state index contributed by atoms with van der Waals surface area (Å²) >= 11 is 0. The lowest BCUT2D eigenvalue weighted by Crippen LogP contribution is -2.37. The number of rotatable bonds is 4. The SMILES string of the molecule is CN1CCCC1(C)/C=C/S(=O)(=O)NC(=O)Nc1c2c(cc3c1CC(O)C3)CCC2. The van der Waals surface area contributed by atoms with Crippen LogP contribution in [-0.2, 0) is 35.7 Å². The first-order valence-electron chi connectivity index (χ1n) is 10.3. The molecule has 1 aromatic rings. The molecule has 0 spiro atoms. The largest absolute Gasteiger partial charge is 0.392 e. The number of likely N-dealkylation sites (N-methyl/N-ethyl adjacent to an activating group) is 1. The van der Waals surface area contributed by atoms with Crippen molar-refractivity contribution in [3.63, 3.8) is 0 Å². The number of aryl methyl sites for hydroxylation is 1. The highest BCUT2D eigenvalue weighted by atomic mass is 32.2. The first kappa shape index (κ1) is 20.4. The molecular weight excluding hydrogens is 390 g/mol. The molecule has 29 heavy (non-hydrogen) atoms. The van der Waals surface area contributed by atoms with E-state index in [-0.39, 0.29) is 5.54 Å². The lowest BCUT2D eigenvalue weighted by atomic mass is 9.99. The maximum atomic E-state index is 12.5. The van der Waals surface area contributed by atoms with E-state index in [1.165, 1.54) is 5.56 Å². The van der Waals surface area contributed by atoms with E-state index in [2.05, 4.69) is 21.0 Å². The van der Waals surface area contributed by atoms with Crippen LogP contribution in [-0.4, -0.2) is 49.7 Å². The van der Waals surface area contributed by atoms with Gasteiger partial charge in [-0.15, -0.1) is 0 Å². The van der Waals surface area contributed by atoms with Gasteiger partial charge in [0.2, 0.25) is 0 Å². The van der Waals surface area contributed by atoms with Gasteiger partial charge >= 0.3 is 6.03 Å². The highest BCUT2D eigenvalue weighted by molar-refractivity contribution is 7.92. The molecule has 2 atom stereocenters. The topological polar surface area (TPSA) is 98.7 Å². The smallest absolute Gasteiger partial charge is 0.333 e. The maximum absolute atomic E-state index is 12.5. The Bertz CT molecular complexity index is 973. The summed E-state index contributed by atoms with van der Waals surface area (Å²) in [4.78, 5) is 14.7. The number of nitrogens with one attached hydrogen (secondary N) is 2. The number of aliphatic hydroxyl groups is 1. The number of sulfonamides is 1.